The van der Waals surface area contributed by atoms with E-state index >= 15 is 0 Å². The van der Waals surface area contributed by atoms with Crippen LogP contribution >= 0.6 is 0 Å². The van der Waals surface area contributed by atoms with E-state index in [1.165, 1.54) is 7.11 Å². The second-order valence-electron chi connectivity index (χ2n) is 4.44. The second-order valence-corrected chi connectivity index (χ2v) is 4.44. The van der Waals surface area contributed by atoms with Gasteiger partial charge in [0.15, 0.2) is 0 Å². The third kappa shape index (κ3) is 2.16. The Morgan fingerprint density at radius 3 is 2.94 bits per heavy atom. The molecule has 2 heterocycles. The molecular formula is C13H16N2O2. The van der Waals surface area contributed by atoms with Gasteiger partial charge in [0.05, 0.1) is 24.4 Å². The molecule has 0 aliphatic heterocycles. The number of carbonyl (C=O) groups is 1. The van der Waals surface area contributed by atoms with Gasteiger partial charge in [-0.05, 0) is 18.1 Å². The first kappa shape index (κ1) is 11.6. The number of methoxy groups -OCH3 is 1. The lowest BCUT2D eigenvalue weighted by Crippen LogP contribution is -2.05. The van der Waals surface area contributed by atoms with E-state index in [2.05, 4.69) is 18.8 Å². The minimum Gasteiger partial charge on any atom is -0.465 e. The van der Waals surface area contributed by atoms with Crippen molar-refractivity contribution in [3.63, 3.8) is 0 Å². The predicted molar refractivity (Wildman–Crippen MR) is 65.1 cm³/mol. The highest BCUT2D eigenvalue weighted by atomic mass is 16.5. The van der Waals surface area contributed by atoms with E-state index in [9.17, 15) is 4.79 Å². The fraction of sp³-hybridized carbons (Fsp3) is 0.385. The molecule has 2 aromatic heterocycles. The quantitative estimate of drug-likeness (QED) is 0.763. The summed E-state index contributed by atoms with van der Waals surface area (Å²) in [5.74, 6) is 1.18. The van der Waals surface area contributed by atoms with Crippen molar-refractivity contribution >= 4 is 11.5 Å². The summed E-state index contributed by atoms with van der Waals surface area (Å²) in [6.07, 6.45) is 4.54. The zero-order valence-electron chi connectivity index (χ0n) is 10.3. The molecule has 0 saturated heterocycles. The van der Waals surface area contributed by atoms with Crippen molar-refractivity contribution in [2.75, 3.05) is 7.11 Å². The van der Waals surface area contributed by atoms with E-state index in [-0.39, 0.29) is 5.97 Å². The second kappa shape index (κ2) is 4.57. The van der Waals surface area contributed by atoms with Crippen LogP contribution in [0.15, 0.2) is 24.5 Å². The van der Waals surface area contributed by atoms with E-state index in [1.807, 2.05) is 16.7 Å². The Labute approximate surface area is 100 Å². The maximum atomic E-state index is 11.6. The summed E-state index contributed by atoms with van der Waals surface area (Å²) in [6, 6.07) is 3.59. The van der Waals surface area contributed by atoms with E-state index < -0.39 is 0 Å². The van der Waals surface area contributed by atoms with Gasteiger partial charge < -0.3 is 9.14 Å². The van der Waals surface area contributed by atoms with Gasteiger partial charge in [-0.1, -0.05) is 13.8 Å². The SMILES string of the molecule is COC(=O)c1cccn2c(CC(C)C)ncc12. The summed E-state index contributed by atoms with van der Waals surface area (Å²) in [6.45, 7) is 4.29. The molecule has 0 fully saturated rings. The molecule has 0 N–H and O–H groups in total. The topological polar surface area (TPSA) is 43.6 Å². The van der Waals surface area contributed by atoms with E-state index in [0.29, 0.717) is 11.5 Å². The summed E-state index contributed by atoms with van der Waals surface area (Å²) in [4.78, 5) is 16.0. The Kier molecular flexibility index (Phi) is 3.13. The highest BCUT2D eigenvalue weighted by molar-refractivity contribution is 5.96. The number of imidazole rings is 1. The lowest BCUT2D eigenvalue weighted by molar-refractivity contribution is 0.0602. The molecule has 0 aliphatic carbocycles. The third-order valence-corrected chi connectivity index (χ3v) is 2.64. The van der Waals surface area contributed by atoms with Crippen molar-refractivity contribution in [2.45, 2.75) is 20.3 Å². The average Bonchev–Trinajstić information content (AvgIpc) is 2.71. The molecule has 0 radical (unpaired) electrons. The van der Waals surface area contributed by atoms with Crippen LogP contribution < -0.4 is 0 Å². The molecule has 0 bridgehead atoms. The lowest BCUT2D eigenvalue weighted by Gasteiger charge is -2.05. The van der Waals surface area contributed by atoms with Gasteiger partial charge in [0.25, 0.3) is 0 Å². The molecule has 2 rings (SSSR count). The number of hydrogen-bond donors (Lipinski definition) is 0. The molecule has 4 heteroatoms. The Morgan fingerprint density at radius 1 is 1.53 bits per heavy atom. The Morgan fingerprint density at radius 2 is 2.29 bits per heavy atom. The normalized spacial score (nSPS) is 11.1. The van der Waals surface area contributed by atoms with Gasteiger partial charge in [-0.25, -0.2) is 9.78 Å². The fourth-order valence-electron chi connectivity index (χ4n) is 1.87. The zero-order valence-corrected chi connectivity index (χ0v) is 10.3. The molecule has 0 saturated carbocycles. The van der Waals surface area contributed by atoms with Crippen LogP contribution in [0.2, 0.25) is 0 Å². The number of fused-ring (bicyclic) bond motifs is 1. The summed E-state index contributed by atoms with van der Waals surface area (Å²) < 4.78 is 6.71. The Hall–Kier alpha value is -1.84. The largest absolute Gasteiger partial charge is 0.465 e. The van der Waals surface area contributed by atoms with Crippen LogP contribution in [-0.2, 0) is 11.2 Å². The van der Waals surface area contributed by atoms with Crippen LogP contribution in [0.25, 0.3) is 5.52 Å². The van der Waals surface area contributed by atoms with Crippen LogP contribution in [0, 0.1) is 5.92 Å². The summed E-state index contributed by atoms with van der Waals surface area (Å²) in [5, 5.41) is 0. The number of nitrogens with zero attached hydrogens (tertiary/aromatic N) is 2. The molecule has 0 atom stereocenters. The number of ether oxygens (including phenoxy) is 1. The van der Waals surface area contributed by atoms with Crippen molar-refractivity contribution in [1.82, 2.24) is 9.38 Å². The van der Waals surface area contributed by atoms with E-state index in [1.54, 1.807) is 12.3 Å². The first-order chi connectivity index (χ1) is 8.13. The zero-order chi connectivity index (χ0) is 12.4. The van der Waals surface area contributed by atoms with Gasteiger partial charge >= 0.3 is 5.97 Å². The molecule has 17 heavy (non-hydrogen) atoms. The highest BCUT2D eigenvalue weighted by Gasteiger charge is 2.13. The van der Waals surface area contributed by atoms with Gasteiger partial charge in [-0.2, -0.15) is 0 Å². The van der Waals surface area contributed by atoms with Gasteiger partial charge in [-0.15, -0.1) is 0 Å². The van der Waals surface area contributed by atoms with Crippen molar-refractivity contribution < 1.29 is 9.53 Å². The minimum absolute atomic E-state index is 0.327. The predicted octanol–water partition coefficient (Wildman–Crippen LogP) is 2.32. The number of aromatic nitrogens is 2. The number of esters is 1. The molecular weight excluding hydrogens is 216 g/mol. The van der Waals surface area contributed by atoms with E-state index in [0.717, 1.165) is 17.8 Å². The molecule has 0 unspecified atom stereocenters. The molecule has 4 nitrogen and oxygen atoms in total. The standard InChI is InChI=1S/C13H16N2O2/c1-9(2)7-12-14-8-11-10(13(16)17-3)5-4-6-15(11)12/h4-6,8-9H,7H2,1-3H3. The van der Waals surface area contributed by atoms with Crippen LogP contribution in [0.5, 0.6) is 0 Å². The van der Waals surface area contributed by atoms with Gasteiger partial charge in [-0.3, -0.25) is 0 Å². The Bertz CT molecular complexity index is 543. The van der Waals surface area contributed by atoms with Gasteiger partial charge in [0.2, 0.25) is 0 Å². The number of carbonyl (C=O) groups excluding carboxylic acids is 1. The minimum atomic E-state index is -0.327. The third-order valence-electron chi connectivity index (χ3n) is 2.64. The van der Waals surface area contributed by atoms with Crippen LogP contribution in [0.4, 0.5) is 0 Å². The van der Waals surface area contributed by atoms with Crippen molar-refractivity contribution in [3.05, 3.63) is 35.9 Å². The molecule has 0 aromatic carbocycles. The molecule has 2 aromatic rings. The summed E-state index contributed by atoms with van der Waals surface area (Å²) in [7, 11) is 1.39. The maximum Gasteiger partial charge on any atom is 0.340 e. The monoisotopic (exact) mass is 232 g/mol. The molecule has 90 valence electrons. The number of pyridine rings is 1. The van der Waals surface area contributed by atoms with Gasteiger partial charge in [0.1, 0.15) is 5.82 Å². The average molecular weight is 232 g/mol. The first-order valence-electron chi connectivity index (χ1n) is 5.66. The molecule has 0 spiro atoms. The van der Waals surface area contributed by atoms with Crippen molar-refractivity contribution in [2.24, 2.45) is 5.92 Å². The van der Waals surface area contributed by atoms with Crippen molar-refractivity contribution in [3.8, 4) is 0 Å². The fourth-order valence-corrected chi connectivity index (χ4v) is 1.87. The van der Waals surface area contributed by atoms with E-state index in [4.69, 9.17) is 4.74 Å². The lowest BCUT2D eigenvalue weighted by atomic mass is 10.1. The van der Waals surface area contributed by atoms with Crippen LogP contribution in [0.3, 0.4) is 0 Å². The number of rotatable bonds is 3. The Balaban J connectivity index is 2.52. The van der Waals surface area contributed by atoms with Gasteiger partial charge in [0, 0.05) is 12.6 Å². The highest BCUT2D eigenvalue weighted by Crippen LogP contribution is 2.15. The maximum absolute atomic E-state index is 11.6. The van der Waals surface area contributed by atoms with Crippen LogP contribution in [-0.4, -0.2) is 22.5 Å². The summed E-state index contributed by atoms with van der Waals surface area (Å²) in [5.41, 5.74) is 1.35. The molecule has 0 aliphatic rings. The smallest absolute Gasteiger partial charge is 0.340 e. The number of hydrogen-bond acceptors (Lipinski definition) is 3. The first-order valence-corrected chi connectivity index (χ1v) is 5.66. The van der Waals surface area contributed by atoms with Crippen molar-refractivity contribution in [1.29, 1.82) is 0 Å². The summed E-state index contributed by atoms with van der Waals surface area (Å²) >= 11 is 0. The molecule has 0 amide bonds. The van der Waals surface area contributed by atoms with Crippen LogP contribution in [0.1, 0.15) is 30.0 Å².